The van der Waals surface area contributed by atoms with E-state index in [-0.39, 0.29) is 17.7 Å². The summed E-state index contributed by atoms with van der Waals surface area (Å²) in [6, 6.07) is 11.6. The molecule has 4 heteroatoms. The zero-order valence-electron chi connectivity index (χ0n) is 12.5. The van der Waals surface area contributed by atoms with Crippen molar-refractivity contribution in [1.82, 2.24) is 0 Å². The minimum Gasteiger partial charge on any atom is -0.326 e. The second-order valence-corrected chi connectivity index (χ2v) is 6.83. The Kier molecular flexibility index (Phi) is 4.16. The Morgan fingerprint density at radius 3 is 2.45 bits per heavy atom. The molecule has 0 aliphatic heterocycles. The lowest BCUT2D eigenvalue weighted by Gasteiger charge is -2.09. The summed E-state index contributed by atoms with van der Waals surface area (Å²) in [6.45, 7) is 4.01. The molecule has 2 aromatic carbocycles. The summed E-state index contributed by atoms with van der Waals surface area (Å²) in [5.41, 5.74) is 4.13. The van der Waals surface area contributed by atoms with E-state index >= 15 is 0 Å². The van der Waals surface area contributed by atoms with Crippen LogP contribution in [0.2, 0.25) is 10.0 Å². The van der Waals surface area contributed by atoms with Crippen LogP contribution in [0.5, 0.6) is 0 Å². The Morgan fingerprint density at radius 2 is 1.77 bits per heavy atom. The summed E-state index contributed by atoms with van der Waals surface area (Å²) < 4.78 is 0. The Labute approximate surface area is 140 Å². The van der Waals surface area contributed by atoms with Crippen LogP contribution in [-0.2, 0) is 4.79 Å². The number of benzene rings is 2. The van der Waals surface area contributed by atoms with Crippen molar-refractivity contribution < 1.29 is 4.79 Å². The molecule has 2 atom stereocenters. The van der Waals surface area contributed by atoms with Crippen molar-refractivity contribution in [2.45, 2.75) is 26.2 Å². The fourth-order valence-corrected chi connectivity index (χ4v) is 3.28. The second kappa shape index (κ2) is 5.94. The minimum absolute atomic E-state index is 0.00514. The van der Waals surface area contributed by atoms with Gasteiger partial charge in [-0.2, -0.15) is 0 Å². The third-order valence-electron chi connectivity index (χ3n) is 4.09. The summed E-state index contributed by atoms with van der Waals surface area (Å²) in [6.07, 6.45) is 0.841. The Balaban J connectivity index is 1.71. The number of carbonyl (C=O) groups excluding carboxylic acids is 1. The van der Waals surface area contributed by atoms with Crippen LogP contribution in [0.3, 0.4) is 0 Å². The number of amides is 1. The number of anilines is 1. The van der Waals surface area contributed by atoms with Crippen molar-refractivity contribution >= 4 is 34.8 Å². The minimum atomic E-state index is -0.00514. The van der Waals surface area contributed by atoms with E-state index in [0.29, 0.717) is 10.0 Å². The maximum Gasteiger partial charge on any atom is 0.228 e. The third-order valence-corrected chi connectivity index (χ3v) is 4.53. The van der Waals surface area contributed by atoms with Crippen molar-refractivity contribution in [3.63, 3.8) is 0 Å². The van der Waals surface area contributed by atoms with E-state index < -0.39 is 0 Å². The molecule has 1 aliphatic carbocycles. The van der Waals surface area contributed by atoms with Crippen LogP contribution in [0.4, 0.5) is 5.69 Å². The largest absolute Gasteiger partial charge is 0.326 e. The number of rotatable bonds is 3. The van der Waals surface area contributed by atoms with Gasteiger partial charge in [-0.05, 0) is 67.1 Å². The van der Waals surface area contributed by atoms with E-state index in [0.717, 1.165) is 28.8 Å². The van der Waals surface area contributed by atoms with Crippen molar-refractivity contribution in [2.75, 3.05) is 5.32 Å². The first-order chi connectivity index (χ1) is 10.4. The van der Waals surface area contributed by atoms with Crippen molar-refractivity contribution in [2.24, 2.45) is 5.92 Å². The van der Waals surface area contributed by atoms with Gasteiger partial charge in [0, 0.05) is 21.7 Å². The molecule has 3 rings (SSSR count). The van der Waals surface area contributed by atoms with E-state index in [1.165, 1.54) is 0 Å². The maximum absolute atomic E-state index is 12.4. The van der Waals surface area contributed by atoms with Crippen molar-refractivity contribution in [3.8, 4) is 0 Å². The molecule has 1 saturated carbocycles. The van der Waals surface area contributed by atoms with Gasteiger partial charge >= 0.3 is 0 Å². The van der Waals surface area contributed by atoms with Crippen molar-refractivity contribution in [1.29, 1.82) is 0 Å². The molecule has 0 aromatic heterocycles. The fourth-order valence-electron chi connectivity index (χ4n) is 2.74. The van der Waals surface area contributed by atoms with E-state index in [9.17, 15) is 4.79 Å². The Morgan fingerprint density at radius 1 is 1.09 bits per heavy atom. The summed E-state index contributed by atoms with van der Waals surface area (Å²) in [4.78, 5) is 12.4. The molecule has 2 nitrogen and oxygen atoms in total. The normalized spacial score (nSPS) is 19.8. The van der Waals surface area contributed by atoms with E-state index in [1.807, 2.05) is 44.2 Å². The number of nitrogens with one attached hydrogen (secondary N) is 1. The van der Waals surface area contributed by atoms with Gasteiger partial charge in [-0.1, -0.05) is 35.3 Å². The first kappa shape index (κ1) is 15.4. The van der Waals surface area contributed by atoms with Crippen LogP contribution >= 0.6 is 23.2 Å². The monoisotopic (exact) mass is 333 g/mol. The SMILES string of the molecule is Cc1ccc(C)c(NC(=O)[C@H]2C[C@H]2c2cc(Cl)cc(Cl)c2)c1. The van der Waals surface area contributed by atoms with Gasteiger partial charge in [0.25, 0.3) is 0 Å². The zero-order valence-corrected chi connectivity index (χ0v) is 14.0. The number of halogens is 2. The molecule has 22 heavy (non-hydrogen) atoms. The summed E-state index contributed by atoms with van der Waals surface area (Å²) in [7, 11) is 0. The number of hydrogen-bond donors (Lipinski definition) is 1. The molecule has 114 valence electrons. The summed E-state index contributed by atoms with van der Waals surface area (Å²) in [5, 5.41) is 4.26. The average Bonchev–Trinajstić information content (AvgIpc) is 3.22. The van der Waals surface area contributed by atoms with Gasteiger partial charge in [-0.3, -0.25) is 4.79 Å². The topological polar surface area (TPSA) is 29.1 Å². The first-order valence-electron chi connectivity index (χ1n) is 7.28. The third kappa shape index (κ3) is 3.29. The predicted octanol–water partition coefficient (Wildman–Crippen LogP) is 5.35. The molecular weight excluding hydrogens is 317 g/mol. The molecule has 1 amide bonds. The summed E-state index contributed by atoms with van der Waals surface area (Å²) in [5.74, 6) is 0.269. The van der Waals surface area contributed by atoms with Gasteiger partial charge in [-0.25, -0.2) is 0 Å². The lowest BCUT2D eigenvalue weighted by Crippen LogP contribution is -2.15. The fraction of sp³-hybridized carbons (Fsp3) is 0.278. The molecule has 0 radical (unpaired) electrons. The second-order valence-electron chi connectivity index (χ2n) is 5.96. The van der Waals surface area contributed by atoms with E-state index in [1.54, 1.807) is 6.07 Å². The van der Waals surface area contributed by atoms with Crippen LogP contribution in [0, 0.1) is 19.8 Å². The predicted molar refractivity (Wildman–Crippen MR) is 91.9 cm³/mol. The molecule has 0 bridgehead atoms. The molecule has 1 N–H and O–H groups in total. The molecule has 1 aliphatic rings. The highest BCUT2D eigenvalue weighted by molar-refractivity contribution is 6.34. The van der Waals surface area contributed by atoms with Crippen molar-refractivity contribution in [3.05, 3.63) is 63.1 Å². The first-order valence-corrected chi connectivity index (χ1v) is 8.04. The maximum atomic E-state index is 12.4. The highest BCUT2D eigenvalue weighted by Gasteiger charge is 2.44. The van der Waals surface area contributed by atoms with Gasteiger partial charge < -0.3 is 5.32 Å². The number of hydrogen-bond acceptors (Lipinski definition) is 1. The smallest absolute Gasteiger partial charge is 0.228 e. The molecular formula is C18H17Cl2NO. The van der Waals surface area contributed by atoms with E-state index in [4.69, 9.17) is 23.2 Å². The lowest BCUT2D eigenvalue weighted by atomic mass is 10.1. The van der Waals surface area contributed by atoms with Crippen LogP contribution in [-0.4, -0.2) is 5.91 Å². The highest BCUT2D eigenvalue weighted by atomic mass is 35.5. The van der Waals surface area contributed by atoms with Gasteiger partial charge in [0.2, 0.25) is 5.91 Å². The molecule has 2 aromatic rings. The quantitative estimate of drug-likeness (QED) is 0.805. The molecule has 0 heterocycles. The lowest BCUT2D eigenvalue weighted by molar-refractivity contribution is -0.117. The molecule has 0 saturated heterocycles. The Bertz CT molecular complexity index is 722. The van der Waals surface area contributed by atoms with Gasteiger partial charge in [0.05, 0.1) is 0 Å². The van der Waals surface area contributed by atoms with Crippen LogP contribution < -0.4 is 5.32 Å². The average molecular weight is 334 g/mol. The molecule has 1 fully saturated rings. The number of carbonyl (C=O) groups is 1. The zero-order chi connectivity index (χ0) is 15.9. The van der Waals surface area contributed by atoms with Gasteiger partial charge in [0.1, 0.15) is 0 Å². The number of aryl methyl sites for hydroxylation is 2. The van der Waals surface area contributed by atoms with Gasteiger partial charge in [-0.15, -0.1) is 0 Å². The van der Waals surface area contributed by atoms with E-state index in [2.05, 4.69) is 5.32 Å². The Hall–Kier alpha value is -1.51. The highest BCUT2D eigenvalue weighted by Crippen LogP contribution is 2.49. The molecule has 0 spiro atoms. The van der Waals surface area contributed by atoms with Crippen LogP contribution in [0.15, 0.2) is 36.4 Å². The molecule has 0 unspecified atom stereocenters. The van der Waals surface area contributed by atoms with Crippen LogP contribution in [0.25, 0.3) is 0 Å². The van der Waals surface area contributed by atoms with Gasteiger partial charge in [0.15, 0.2) is 0 Å². The standard InChI is InChI=1S/C18H17Cl2NO/c1-10-3-4-11(2)17(5-10)21-18(22)16-9-15(16)12-6-13(19)8-14(20)7-12/h3-8,15-16H,9H2,1-2H3,(H,21,22)/t15-,16-/m0/s1. The van der Waals surface area contributed by atoms with Crippen LogP contribution in [0.1, 0.15) is 29.0 Å². The summed E-state index contributed by atoms with van der Waals surface area (Å²) >= 11 is 12.1.